The molecule has 0 atom stereocenters. The fraction of sp³-hybridized carbons (Fsp3) is 0. The van der Waals surface area contributed by atoms with E-state index in [1.165, 1.54) is 43.2 Å². The molecule has 44 heavy (non-hydrogen) atoms. The van der Waals surface area contributed by atoms with Gasteiger partial charge in [0.25, 0.3) is 0 Å². The lowest BCUT2D eigenvalue weighted by Crippen LogP contribution is -2.11. The van der Waals surface area contributed by atoms with Crippen LogP contribution in [0.4, 0.5) is 17.1 Å². The Morgan fingerprint density at radius 3 is 1.52 bits per heavy atom. The smallest absolute Gasteiger partial charge is 0.0540 e. The maximum atomic E-state index is 2.41. The molecule has 0 radical (unpaired) electrons. The highest BCUT2D eigenvalue weighted by molar-refractivity contribution is 7.99. The van der Waals surface area contributed by atoms with E-state index >= 15 is 0 Å². The molecule has 0 saturated carbocycles. The number of benzene rings is 7. The van der Waals surface area contributed by atoms with Crippen molar-refractivity contribution in [2.45, 2.75) is 9.79 Å². The van der Waals surface area contributed by atoms with Crippen LogP contribution in [0.25, 0.3) is 33.4 Å². The van der Waals surface area contributed by atoms with Crippen molar-refractivity contribution in [2.75, 3.05) is 4.90 Å². The first-order chi connectivity index (χ1) is 21.8. The Bertz CT molecular complexity index is 1970. The highest BCUT2D eigenvalue weighted by Gasteiger charge is 2.19. The average Bonchev–Trinajstić information content (AvgIpc) is 3.10. The maximum absolute atomic E-state index is 2.41. The molecule has 7 rings (SSSR count). The quantitative estimate of drug-likeness (QED) is 0.176. The molecular weight excluding hydrogens is 551 g/mol. The fourth-order valence-electron chi connectivity index (χ4n) is 5.61. The van der Waals surface area contributed by atoms with E-state index in [4.69, 9.17) is 0 Å². The van der Waals surface area contributed by atoms with Gasteiger partial charge in [-0.3, -0.25) is 0 Å². The number of anilines is 3. The van der Waals surface area contributed by atoms with Crippen LogP contribution in [-0.2, 0) is 0 Å². The van der Waals surface area contributed by atoms with Gasteiger partial charge in [0.1, 0.15) is 0 Å². The molecular formula is C42H31NS. The summed E-state index contributed by atoms with van der Waals surface area (Å²) in [4.78, 5) is 4.82. The van der Waals surface area contributed by atoms with Crippen LogP contribution in [0.5, 0.6) is 0 Å². The third kappa shape index (κ3) is 6.08. The molecule has 0 amide bonds. The van der Waals surface area contributed by atoms with E-state index in [1.807, 2.05) is 0 Å². The molecule has 0 aliphatic rings. The second-order valence-electron chi connectivity index (χ2n) is 10.6. The van der Waals surface area contributed by atoms with Crippen LogP contribution < -0.4 is 4.90 Å². The van der Waals surface area contributed by atoms with Crippen LogP contribution in [0.2, 0.25) is 0 Å². The van der Waals surface area contributed by atoms with Crippen LogP contribution in [0.15, 0.2) is 198 Å². The number of hydrogen-bond donors (Lipinski definition) is 0. The summed E-state index contributed by atoms with van der Waals surface area (Å²) in [5.41, 5.74) is 10.5. The summed E-state index contributed by atoms with van der Waals surface area (Å²) in [5.74, 6) is 0. The molecule has 2 heteroatoms. The van der Waals surface area contributed by atoms with Crippen LogP contribution >= 0.6 is 11.8 Å². The zero-order chi connectivity index (χ0) is 29.6. The number of nitrogens with zero attached hydrogens (tertiary/aromatic N) is 1. The average molecular weight is 582 g/mol. The van der Waals surface area contributed by atoms with Crippen LogP contribution in [0.1, 0.15) is 0 Å². The van der Waals surface area contributed by atoms with E-state index in [-0.39, 0.29) is 0 Å². The second kappa shape index (κ2) is 12.9. The molecule has 210 valence electrons. The van der Waals surface area contributed by atoms with Crippen molar-refractivity contribution in [2.24, 2.45) is 0 Å². The summed E-state index contributed by atoms with van der Waals surface area (Å²) >= 11 is 1.79. The molecule has 1 nitrogen and oxygen atoms in total. The lowest BCUT2D eigenvalue weighted by Gasteiger charge is -2.29. The van der Waals surface area contributed by atoms with Gasteiger partial charge in [-0.1, -0.05) is 151 Å². The van der Waals surface area contributed by atoms with Crippen molar-refractivity contribution < 1.29 is 0 Å². The monoisotopic (exact) mass is 581 g/mol. The van der Waals surface area contributed by atoms with Gasteiger partial charge in [0.2, 0.25) is 0 Å². The summed E-state index contributed by atoms with van der Waals surface area (Å²) in [6.07, 6.45) is 0. The normalized spacial score (nSPS) is 10.8. The molecule has 0 fully saturated rings. The van der Waals surface area contributed by atoms with Crippen molar-refractivity contribution in [3.8, 4) is 33.4 Å². The highest BCUT2D eigenvalue weighted by Crippen LogP contribution is 2.44. The van der Waals surface area contributed by atoms with E-state index in [1.54, 1.807) is 11.8 Å². The molecule has 0 aliphatic heterocycles. The van der Waals surface area contributed by atoms with Gasteiger partial charge in [-0.25, -0.2) is 0 Å². The van der Waals surface area contributed by atoms with Gasteiger partial charge >= 0.3 is 0 Å². The third-order valence-corrected chi connectivity index (χ3v) is 8.66. The van der Waals surface area contributed by atoms with Crippen LogP contribution in [0.3, 0.4) is 0 Å². The lowest BCUT2D eigenvalue weighted by molar-refractivity contribution is 1.26. The Hall–Kier alpha value is -5.31. The zero-order valence-corrected chi connectivity index (χ0v) is 25.1. The fourth-order valence-corrected chi connectivity index (χ4v) is 6.54. The predicted molar refractivity (Wildman–Crippen MR) is 188 cm³/mol. The summed E-state index contributed by atoms with van der Waals surface area (Å²) in [7, 11) is 0. The first-order valence-electron chi connectivity index (χ1n) is 14.9. The largest absolute Gasteiger partial charge is 0.310 e. The number of hydrogen-bond acceptors (Lipinski definition) is 2. The van der Waals surface area contributed by atoms with Crippen molar-refractivity contribution in [1.82, 2.24) is 0 Å². The highest BCUT2D eigenvalue weighted by atomic mass is 32.2. The summed E-state index contributed by atoms with van der Waals surface area (Å²) in [6.45, 7) is 0. The van der Waals surface area contributed by atoms with E-state index in [0.717, 1.165) is 17.1 Å². The molecule has 0 aliphatic carbocycles. The molecule has 0 aromatic heterocycles. The molecule has 0 bridgehead atoms. The standard InChI is InChI=1S/C42H31NS/c1-5-16-32(17-6-1)35-22-15-23-37(28-35)43(42-27-14-13-26-41(42)34-20-9-3-10-21-34)38-29-36(33-18-7-2-8-19-33)30-40(31-38)44-39-24-11-4-12-25-39/h1-31H. The molecule has 0 heterocycles. The Kier molecular flexibility index (Phi) is 8.07. The van der Waals surface area contributed by atoms with Crippen molar-refractivity contribution in [1.29, 1.82) is 0 Å². The van der Waals surface area contributed by atoms with Gasteiger partial charge in [-0.2, -0.15) is 0 Å². The van der Waals surface area contributed by atoms with E-state index < -0.39 is 0 Å². The maximum Gasteiger partial charge on any atom is 0.0540 e. The number of rotatable bonds is 8. The van der Waals surface area contributed by atoms with Gasteiger partial charge in [0.05, 0.1) is 5.69 Å². The first kappa shape index (κ1) is 27.5. The Balaban J connectivity index is 1.46. The first-order valence-corrected chi connectivity index (χ1v) is 15.7. The van der Waals surface area contributed by atoms with Crippen LogP contribution in [-0.4, -0.2) is 0 Å². The summed E-state index contributed by atoms with van der Waals surface area (Å²) in [5, 5.41) is 0. The van der Waals surface area contributed by atoms with E-state index in [0.29, 0.717) is 0 Å². The van der Waals surface area contributed by atoms with Gasteiger partial charge in [-0.05, 0) is 76.3 Å². The van der Waals surface area contributed by atoms with Gasteiger partial charge in [0, 0.05) is 26.7 Å². The molecule has 7 aromatic rings. The summed E-state index contributed by atoms with van der Waals surface area (Å²) < 4.78 is 0. The second-order valence-corrected chi connectivity index (χ2v) is 11.8. The molecule has 0 saturated heterocycles. The van der Waals surface area contributed by atoms with E-state index in [2.05, 4.69) is 193 Å². The molecule has 7 aromatic carbocycles. The van der Waals surface area contributed by atoms with Crippen molar-refractivity contribution in [3.05, 3.63) is 188 Å². The summed E-state index contributed by atoms with van der Waals surface area (Å²) in [6, 6.07) is 67.1. The SMILES string of the molecule is c1ccc(Sc2cc(-c3ccccc3)cc(N(c3cccc(-c4ccccc4)c3)c3ccccc3-c3ccccc3)c2)cc1. The Morgan fingerprint density at radius 2 is 0.841 bits per heavy atom. The van der Waals surface area contributed by atoms with Gasteiger partial charge in [0.15, 0.2) is 0 Å². The van der Waals surface area contributed by atoms with Crippen molar-refractivity contribution >= 4 is 28.8 Å². The number of para-hydroxylation sites is 1. The Labute approximate surface area is 264 Å². The van der Waals surface area contributed by atoms with Gasteiger partial charge in [-0.15, -0.1) is 0 Å². The minimum Gasteiger partial charge on any atom is -0.310 e. The molecule has 0 spiro atoms. The van der Waals surface area contributed by atoms with Crippen LogP contribution in [0, 0.1) is 0 Å². The molecule has 0 N–H and O–H groups in total. The minimum absolute atomic E-state index is 1.11. The van der Waals surface area contributed by atoms with E-state index in [9.17, 15) is 0 Å². The Morgan fingerprint density at radius 1 is 0.318 bits per heavy atom. The lowest BCUT2D eigenvalue weighted by atomic mass is 9.99. The third-order valence-electron chi connectivity index (χ3n) is 7.68. The topological polar surface area (TPSA) is 3.24 Å². The molecule has 0 unspecified atom stereocenters. The minimum atomic E-state index is 1.11. The zero-order valence-electron chi connectivity index (χ0n) is 24.3. The van der Waals surface area contributed by atoms with Gasteiger partial charge < -0.3 is 4.90 Å². The van der Waals surface area contributed by atoms with Crippen molar-refractivity contribution in [3.63, 3.8) is 0 Å². The predicted octanol–water partition coefficient (Wildman–Crippen LogP) is 12.3.